The number of benzene rings is 1. The zero-order chi connectivity index (χ0) is 22.1. The minimum Gasteiger partial charge on any atom is -0.389 e. The smallest absolute Gasteiger partial charge is 0.389 e. The molecule has 3 N–H and O–H groups in total. The van der Waals surface area contributed by atoms with Gasteiger partial charge in [0.05, 0.1) is 5.56 Å². The van der Waals surface area contributed by atoms with Gasteiger partial charge in [-0.15, -0.1) is 11.6 Å². The summed E-state index contributed by atoms with van der Waals surface area (Å²) >= 11 is 4.64. The Bertz CT molecular complexity index is 692. The van der Waals surface area contributed by atoms with E-state index in [2.05, 4.69) is 58.9 Å². The monoisotopic (exact) mass is 422 g/mol. The molecule has 0 fully saturated rings. The highest BCUT2D eigenvalue weighted by atomic mass is 35.5. The van der Waals surface area contributed by atoms with E-state index in [1.54, 1.807) is 29.1 Å². The predicted octanol–water partition coefficient (Wildman–Crippen LogP) is 3.91. The first-order chi connectivity index (χ1) is 13.9. The van der Waals surface area contributed by atoms with E-state index in [0.717, 1.165) is 0 Å². The number of nitrogens with zero attached hydrogens (tertiary/aromatic N) is 1. The largest absolute Gasteiger partial charge is 0.409 e. The van der Waals surface area contributed by atoms with Gasteiger partial charge in [0.1, 0.15) is 0 Å². The fourth-order valence-corrected chi connectivity index (χ4v) is 2.17. The van der Waals surface area contributed by atoms with Gasteiger partial charge in [0.15, 0.2) is 12.4 Å². The van der Waals surface area contributed by atoms with Crippen LogP contribution in [0.15, 0.2) is 54.9 Å². The zero-order valence-corrected chi connectivity index (χ0v) is 18.5. The summed E-state index contributed by atoms with van der Waals surface area (Å²) in [6.07, 6.45) is 6.38. The van der Waals surface area contributed by atoms with Crippen LogP contribution in [0.2, 0.25) is 0 Å². The third-order valence-corrected chi connectivity index (χ3v) is 3.56. The van der Waals surface area contributed by atoms with Crippen LogP contribution in [-0.4, -0.2) is 24.9 Å². The maximum Gasteiger partial charge on any atom is 0.409 e. The van der Waals surface area contributed by atoms with Gasteiger partial charge < -0.3 is 15.8 Å². The van der Waals surface area contributed by atoms with Crippen molar-refractivity contribution in [2.24, 2.45) is 11.7 Å². The van der Waals surface area contributed by atoms with Crippen molar-refractivity contribution < 1.29 is 18.9 Å². The molecule has 7 heteroatoms. The molecule has 1 aromatic heterocycles. The quantitative estimate of drug-likeness (QED) is 0.524. The van der Waals surface area contributed by atoms with Crippen LogP contribution in [0.25, 0.3) is 0 Å². The molecule has 6 nitrogen and oxygen atoms in total. The highest BCUT2D eigenvalue weighted by molar-refractivity contribution is 6.15. The number of rotatable bonds is 7. The Morgan fingerprint density at radius 3 is 2.17 bits per heavy atom. The molecular formula is C22H33ClN3O3+. The number of pyridine rings is 1. The average molecular weight is 423 g/mol. The van der Waals surface area contributed by atoms with Gasteiger partial charge in [-0.3, -0.25) is 4.79 Å². The van der Waals surface area contributed by atoms with Crippen molar-refractivity contribution in [3.8, 4) is 0 Å². The summed E-state index contributed by atoms with van der Waals surface area (Å²) in [7, 11) is 0. The van der Waals surface area contributed by atoms with Crippen LogP contribution in [0.5, 0.6) is 0 Å². The highest BCUT2D eigenvalue weighted by Gasteiger charge is 2.09. The van der Waals surface area contributed by atoms with Crippen LogP contribution >= 0.6 is 11.6 Å². The zero-order valence-electron chi connectivity index (χ0n) is 17.7. The lowest BCUT2D eigenvalue weighted by Crippen LogP contribution is -2.37. The molecule has 2 amide bonds. The molecule has 0 aliphatic rings. The first kappa shape index (κ1) is 26.4. The SMILES string of the molecule is CC(C)CNC(=O)c1cc[n+](COC(N)=O)cc1.CCCc1ccccc1.CCl. The van der Waals surface area contributed by atoms with E-state index in [0.29, 0.717) is 18.0 Å². The average Bonchev–Trinajstić information content (AvgIpc) is 2.74. The van der Waals surface area contributed by atoms with Crippen molar-refractivity contribution in [2.75, 3.05) is 12.9 Å². The summed E-state index contributed by atoms with van der Waals surface area (Å²) < 4.78 is 6.21. The molecule has 0 saturated carbocycles. The van der Waals surface area contributed by atoms with Gasteiger partial charge in [-0.1, -0.05) is 57.5 Å². The lowest BCUT2D eigenvalue weighted by atomic mass is 10.1. The summed E-state index contributed by atoms with van der Waals surface area (Å²) in [5.41, 5.74) is 6.85. The Kier molecular flexibility index (Phi) is 14.9. The molecule has 0 bridgehead atoms. The number of carbonyl (C=O) groups is 2. The molecule has 160 valence electrons. The van der Waals surface area contributed by atoms with E-state index >= 15 is 0 Å². The number of alkyl halides is 1. The van der Waals surface area contributed by atoms with Crippen molar-refractivity contribution in [1.29, 1.82) is 0 Å². The highest BCUT2D eigenvalue weighted by Crippen LogP contribution is 2.00. The second-order valence-corrected chi connectivity index (χ2v) is 6.53. The number of aromatic nitrogens is 1. The van der Waals surface area contributed by atoms with Crippen LogP contribution in [0.4, 0.5) is 4.79 Å². The van der Waals surface area contributed by atoms with Crippen LogP contribution in [0.3, 0.4) is 0 Å². The topological polar surface area (TPSA) is 85.3 Å². The number of hydrogen-bond donors (Lipinski definition) is 2. The minimum atomic E-state index is -0.832. The first-order valence-electron chi connectivity index (χ1n) is 9.53. The molecule has 0 aliphatic carbocycles. The standard InChI is InChI=1S/C12H17N3O3.C9H12.CH3Cl/c1-9(2)7-14-11(16)10-3-5-15(6-4-10)8-18-12(13)17;1-2-6-9-7-4-3-5-8-9;1-2/h3-6,9H,7-8H2,1-2H3,(H2-,13,14,16,17);3-5,7-8H,2,6H2,1H3;1H3/p+1. The third kappa shape index (κ3) is 13.2. The van der Waals surface area contributed by atoms with E-state index in [4.69, 9.17) is 5.73 Å². The Morgan fingerprint density at radius 2 is 1.69 bits per heavy atom. The van der Waals surface area contributed by atoms with Crippen molar-refractivity contribution in [3.63, 3.8) is 0 Å². The van der Waals surface area contributed by atoms with Crippen LogP contribution in [-0.2, 0) is 17.9 Å². The van der Waals surface area contributed by atoms with Gasteiger partial charge >= 0.3 is 6.09 Å². The molecule has 1 heterocycles. The van der Waals surface area contributed by atoms with E-state index in [1.165, 1.54) is 24.8 Å². The fourth-order valence-electron chi connectivity index (χ4n) is 2.17. The van der Waals surface area contributed by atoms with Crippen LogP contribution < -0.4 is 15.6 Å². The normalized spacial score (nSPS) is 9.45. The van der Waals surface area contributed by atoms with Crippen molar-refractivity contribution in [1.82, 2.24) is 5.32 Å². The molecule has 0 aliphatic heterocycles. The van der Waals surface area contributed by atoms with Gasteiger partial charge in [0, 0.05) is 25.1 Å². The van der Waals surface area contributed by atoms with E-state index in [9.17, 15) is 9.59 Å². The molecule has 2 rings (SSSR count). The number of nitrogens with two attached hydrogens (primary N) is 1. The number of aryl methyl sites for hydroxylation is 1. The summed E-state index contributed by atoms with van der Waals surface area (Å²) in [6.45, 7) is 6.93. The number of ether oxygens (including phenoxy) is 1. The van der Waals surface area contributed by atoms with Crippen molar-refractivity contribution >= 4 is 23.6 Å². The summed E-state index contributed by atoms with van der Waals surface area (Å²) in [5.74, 6) is 0.290. The number of amides is 2. The second-order valence-electron chi connectivity index (χ2n) is 6.53. The van der Waals surface area contributed by atoms with Gasteiger partial charge in [0.2, 0.25) is 0 Å². The Balaban J connectivity index is 0.000000595. The fraction of sp³-hybridized carbons (Fsp3) is 0.409. The van der Waals surface area contributed by atoms with Crippen molar-refractivity contribution in [3.05, 3.63) is 66.0 Å². The lowest BCUT2D eigenvalue weighted by Gasteiger charge is -2.06. The first-order valence-corrected chi connectivity index (χ1v) is 10.3. The van der Waals surface area contributed by atoms with Crippen LogP contribution in [0.1, 0.15) is 43.1 Å². The van der Waals surface area contributed by atoms with Crippen LogP contribution in [0, 0.1) is 5.92 Å². The Labute approximate surface area is 179 Å². The second kappa shape index (κ2) is 16.4. The van der Waals surface area contributed by atoms with E-state index in [1.807, 2.05) is 13.8 Å². The summed E-state index contributed by atoms with van der Waals surface area (Å²) in [6, 6.07) is 13.9. The molecular weight excluding hydrogens is 390 g/mol. The predicted molar refractivity (Wildman–Crippen MR) is 117 cm³/mol. The molecule has 2 aromatic rings. The van der Waals surface area contributed by atoms with Gasteiger partial charge in [-0.25, -0.2) is 4.79 Å². The van der Waals surface area contributed by atoms with Gasteiger partial charge in [0.25, 0.3) is 12.6 Å². The molecule has 0 spiro atoms. The molecule has 0 atom stereocenters. The number of carbonyl (C=O) groups excluding carboxylic acids is 2. The molecule has 0 unspecified atom stereocenters. The molecule has 0 saturated heterocycles. The number of halogens is 1. The summed E-state index contributed by atoms with van der Waals surface area (Å²) in [4.78, 5) is 22.1. The maximum atomic E-state index is 11.7. The Morgan fingerprint density at radius 1 is 1.10 bits per heavy atom. The molecule has 29 heavy (non-hydrogen) atoms. The van der Waals surface area contributed by atoms with Gasteiger partial charge in [-0.2, -0.15) is 4.57 Å². The number of primary amides is 1. The van der Waals surface area contributed by atoms with Gasteiger partial charge in [-0.05, 0) is 17.9 Å². The molecule has 0 radical (unpaired) electrons. The minimum absolute atomic E-state index is 0.0310. The maximum absolute atomic E-state index is 11.7. The third-order valence-electron chi connectivity index (χ3n) is 3.56. The van der Waals surface area contributed by atoms with E-state index in [-0.39, 0.29) is 12.6 Å². The van der Waals surface area contributed by atoms with Crippen molar-refractivity contribution in [2.45, 2.75) is 40.3 Å². The summed E-state index contributed by atoms with van der Waals surface area (Å²) in [5, 5.41) is 2.81. The Hall–Kier alpha value is -2.60. The molecule has 1 aromatic carbocycles. The van der Waals surface area contributed by atoms with E-state index < -0.39 is 6.09 Å². The lowest BCUT2D eigenvalue weighted by molar-refractivity contribution is -0.727. The number of hydrogen-bond acceptors (Lipinski definition) is 3. The number of nitrogens with one attached hydrogen (secondary N) is 1.